The predicted octanol–water partition coefficient (Wildman–Crippen LogP) is 4.71. The van der Waals surface area contributed by atoms with E-state index in [1.807, 2.05) is 18.2 Å². The number of carbonyl (C=O) groups excluding carboxylic acids is 1. The van der Waals surface area contributed by atoms with Crippen molar-refractivity contribution in [2.45, 2.75) is 46.5 Å². The highest BCUT2D eigenvalue weighted by Crippen LogP contribution is 2.29. The van der Waals surface area contributed by atoms with E-state index >= 15 is 0 Å². The first-order chi connectivity index (χ1) is 13.3. The first kappa shape index (κ1) is 20.4. The second kappa shape index (κ2) is 8.78. The van der Waals surface area contributed by atoms with Crippen molar-refractivity contribution in [3.8, 4) is 11.5 Å². The molecule has 0 amide bonds. The van der Waals surface area contributed by atoms with E-state index in [4.69, 9.17) is 9.47 Å². The molecule has 3 rings (SSSR count). The van der Waals surface area contributed by atoms with Crippen LogP contribution in [0.2, 0.25) is 0 Å². The molecule has 1 N–H and O–H groups in total. The van der Waals surface area contributed by atoms with Crippen LogP contribution in [-0.2, 0) is 16.0 Å². The number of carbonyl (C=O) groups is 1. The molecule has 1 aliphatic heterocycles. The zero-order valence-corrected chi connectivity index (χ0v) is 17.2. The molecule has 4 nitrogen and oxygen atoms in total. The lowest BCUT2D eigenvalue weighted by molar-refractivity contribution is -0.126. The molecule has 1 saturated heterocycles. The molecule has 0 spiro atoms. The molecule has 0 aromatic heterocycles. The Hall–Kier alpha value is -2.33. The lowest BCUT2D eigenvalue weighted by Gasteiger charge is -2.25. The molecule has 0 atom stereocenters. The van der Waals surface area contributed by atoms with Crippen molar-refractivity contribution in [2.24, 2.45) is 5.92 Å². The van der Waals surface area contributed by atoms with E-state index in [0.717, 1.165) is 28.9 Å². The van der Waals surface area contributed by atoms with Crippen LogP contribution < -0.4 is 4.74 Å². The fraction of sp³-hybridized carbons (Fsp3) is 0.458. The van der Waals surface area contributed by atoms with Crippen LogP contribution in [0.15, 0.2) is 30.3 Å². The van der Waals surface area contributed by atoms with Crippen molar-refractivity contribution in [3.63, 3.8) is 0 Å². The summed E-state index contributed by atoms with van der Waals surface area (Å²) in [5.41, 5.74) is 5.70. The number of Topliss-reactive ketones (excluding diaryl/α,β-unsaturated/α-hetero) is 1. The second-order valence-electron chi connectivity index (χ2n) is 8.20. The van der Waals surface area contributed by atoms with Gasteiger partial charge in [0, 0.05) is 12.3 Å². The number of ether oxygens (including phenoxy) is 2. The number of hydrogen-bond donors (Lipinski definition) is 1. The van der Waals surface area contributed by atoms with Crippen molar-refractivity contribution < 1.29 is 19.4 Å². The highest BCUT2D eigenvalue weighted by Gasteiger charge is 2.21. The normalized spacial score (nSPS) is 14.2. The van der Waals surface area contributed by atoms with Gasteiger partial charge >= 0.3 is 0 Å². The van der Waals surface area contributed by atoms with Crippen molar-refractivity contribution in [2.75, 3.05) is 19.8 Å². The van der Waals surface area contributed by atoms with Gasteiger partial charge in [-0.05, 0) is 72.2 Å². The van der Waals surface area contributed by atoms with Gasteiger partial charge in [0.25, 0.3) is 0 Å². The minimum Gasteiger partial charge on any atom is -0.508 e. The molecule has 0 aliphatic carbocycles. The van der Waals surface area contributed by atoms with Crippen LogP contribution in [-0.4, -0.2) is 30.7 Å². The van der Waals surface area contributed by atoms with Gasteiger partial charge in [-0.1, -0.05) is 26.0 Å². The molecule has 0 bridgehead atoms. The molecular weight excluding hydrogens is 352 g/mol. The van der Waals surface area contributed by atoms with E-state index in [1.54, 1.807) is 6.07 Å². The monoisotopic (exact) mass is 382 g/mol. The number of hydrogen-bond acceptors (Lipinski definition) is 4. The number of phenols is 1. The average Bonchev–Trinajstić information content (AvgIpc) is 2.60. The minimum absolute atomic E-state index is 0.116. The Morgan fingerprint density at radius 1 is 1.18 bits per heavy atom. The van der Waals surface area contributed by atoms with E-state index in [0.29, 0.717) is 31.3 Å². The quantitative estimate of drug-likeness (QED) is 0.718. The van der Waals surface area contributed by atoms with Crippen molar-refractivity contribution in [3.05, 3.63) is 58.1 Å². The highest BCUT2D eigenvalue weighted by molar-refractivity contribution is 5.80. The summed E-state index contributed by atoms with van der Waals surface area (Å²) in [7, 11) is 0. The lowest BCUT2D eigenvalue weighted by atomic mass is 9.93. The largest absolute Gasteiger partial charge is 0.508 e. The van der Waals surface area contributed by atoms with E-state index in [9.17, 15) is 9.90 Å². The van der Waals surface area contributed by atoms with E-state index in [2.05, 4.69) is 33.8 Å². The van der Waals surface area contributed by atoms with Gasteiger partial charge in [0.05, 0.1) is 13.2 Å². The van der Waals surface area contributed by atoms with Crippen LogP contribution in [0, 0.1) is 19.8 Å². The summed E-state index contributed by atoms with van der Waals surface area (Å²) in [6.45, 7) is 9.81. The summed E-state index contributed by atoms with van der Waals surface area (Å²) < 4.78 is 10.9. The molecule has 150 valence electrons. The maximum Gasteiger partial charge on any atom is 0.170 e. The van der Waals surface area contributed by atoms with Gasteiger partial charge in [-0.2, -0.15) is 0 Å². The molecule has 4 heteroatoms. The zero-order chi connectivity index (χ0) is 20.3. The Balaban J connectivity index is 1.68. The van der Waals surface area contributed by atoms with E-state index < -0.39 is 0 Å². The fourth-order valence-electron chi connectivity index (χ4n) is 3.64. The van der Waals surface area contributed by atoms with Crippen LogP contribution >= 0.6 is 0 Å². The summed E-state index contributed by atoms with van der Waals surface area (Å²) in [4.78, 5) is 12.0. The molecule has 0 radical (unpaired) electrons. The van der Waals surface area contributed by atoms with Gasteiger partial charge in [-0.25, -0.2) is 0 Å². The Labute approximate surface area is 167 Å². The number of aromatic hydroxyl groups is 1. The lowest BCUT2D eigenvalue weighted by Crippen LogP contribution is -2.31. The number of ketones is 1. The molecule has 1 aliphatic rings. The molecular formula is C24H30O4. The maximum absolute atomic E-state index is 12.0. The highest BCUT2D eigenvalue weighted by atomic mass is 16.5. The molecule has 2 aromatic carbocycles. The standard InChI is InChI=1S/C24H30O4/c1-15(2)22-10-18(5-6-24(22)26)11-23-16(3)7-21(8-17(23)4)28-14-20(25)9-19-12-27-13-19/h5-8,10,15,19,26H,9,11-14H2,1-4H3. The van der Waals surface area contributed by atoms with Gasteiger partial charge in [-0.3, -0.25) is 4.79 Å². The first-order valence-corrected chi connectivity index (χ1v) is 9.97. The third kappa shape index (κ3) is 4.93. The smallest absolute Gasteiger partial charge is 0.170 e. The minimum atomic E-state index is 0.116. The molecule has 0 unspecified atom stereocenters. The molecule has 28 heavy (non-hydrogen) atoms. The van der Waals surface area contributed by atoms with Crippen LogP contribution in [0.5, 0.6) is 11.5 Å². The third-order valence-electron chi connectivity index (χ3n) is 5.39. The average molecular weight is 383 g/mol. The SMILES string of the molecule is Cc1cc(OCC(=O)CC2COC2)cc(C)c1Cc1ccc(O)c(C(C)C)c1. The topological polar surface area (TPSA) is 55.8 Å². The summed E-state index contributed by atoms with van der Waals surface area (Å²) in [6, 6.07) is 9.86. The summed E-state index contributed by atoms with van der Waals surface area (Å²) in [5, 5.41) is 10.0. The number of rotatable bonds is 8. The zero-order valence-electron chi connectivity index (χ0n) is 17.2. The number of benzene rings is 2. The van der Waals surface area contributed by atoms with Crippen LogP contribution in [0.25, 0.3) is 0 Å². The Morgan fingerprint density at radius 3 is 2.43 bits per heavy atom. The van der Waals surface area contributed by atoms with Gasteiger partial charge in [0.15, 0.2) is 5.78 Å². The Kier molecular flexibility index (Phi) is 6.40. The molecule has 1 heterocycles. The van der Waals surface area contributed by atoms with Crippen molar-refractivity contribution >= 4 is 5.78 Å². The van der Waals surface area contributed by atoms with E-state index in [1.165, 1.54) is 11.1 Å². The van der Waals surface area contributed by atoms with E-state index in [-0.39, 0.29) is 18.3 Å². The molecule has 2 aromatic rings. The van der Waals surface area contributed by atoms with Crippen LogP contribution in [0.3, 0.4) is 0 Å². The second-order valence-corrected chi connectivity index (χ2v) is 8.20. The van der Waals surface area contributed by atoms with Crippen molar-refractivity contribution in [1.29, 1.82) is 0 Å². The van der Waals surface area contributed by atoms with Gasteiger partial charge in [-0.15, -0.1) is 0 Å². The third-order valence-corrected chi connectivity index (χ3v) is 5.39. The summed E-state index contributed by atoms with van der Waals surface area (Å²) in [5.74, 6) is 1.86. The molecule has 1 fully saturated rings. The van der Waals surface area contributed by atoms with Crippen molar-refractivity contribution in [1.82, 2.24) is 0 Å². The van der Waals surface area contributed by atoms with Crippen LogP contribution in [0.1, 0.15) is 54.0 Å². The summed E-state index contributed by atoms with van der Waals surface area (Å²) in [6.07, 6.45) is 1.34. The number of phenolic OH excluding ortho intramolecular Hbond substituents is 1. The Morgan fingerprint density at radius 2 is 1.86 bits per heavy atom. The van der Waals surface area contributed by atoms with Gasteiger partial charge in [0.1, 0.15) is 18.1 Å². The summed E-state index contributed by atoms with van der Waals surface area (Å²) >= 11 is 0. The maximum atomic E-state index is 12.0. The van der Waals surface area contributed by atoms with Crippen LogP contribution in [0.4, 0.5) is 0 Å². The van der Waals surface area contributed by atoms with Gasteiger partial charge in [0.2, 0.25) is 0 Å². The number of aryl methyl sites for hydroxylation is 2. The first-order valence-electron chi connectivity index (χ1n) is 9.97. The fourth-order valence-corrected chi connectivity index (χ4v) is 3.64. The van der Waals surface area contributed by atoms with Gasteiger partial charge < -0.3 is 14.6 Å². The molecule has 0 saturated carbocycles. The Bertz CT molecular complexity index is 827. The predicted molar refractivity (Wildman–Crippen MR) is 110 cm³/mol.